The lowest BCUT2D eigenvalue weighted by Gasteiger charge is -2.12. The number of amides is 1. The van der Waals surface area contributed by atoms with Crippen molar-refractivity contribution in [3.63, 3.8) is 0 Å². The van der Waals surface area contributed by atoms with Crippen LogP contribution in [-0.2, 0) is 4.79 Å². The van der Waals surface area contributed by atoms with E-state index in [0.29, 0.717) is 10.8 Å². The fraction of sp³-hybridized carbons (Fsp3) is 0.500. The molecule has 2 unspecified atom stereocenters. The SMILES string of the molecule is CC1CCC(NC(=O)CSc2ccc(F)c(F)c2)C1. The van der Waals surface area contributed by atoms with Crippen LogP contribution in [0.25, 0.3) is 0 Å². The summed E-state index contributed by atoms with van der Waals surface area (Å²) in [5.74, 6) is -0.891. The fourth-order valence-electron chi connectivity index (χ4n) is 2.32. The van der Waals surface area contributed by atoms with Crippen LogP contribution in [0.1, 0.15) is 26.2 Å². The molecule has 0 aromatic heterocycles. The molecule has 0 heterocycles. The van der Waals surface area contributed by atoms with Crippen LogP contribution in [0.5, 0.6) is 0 Å². The van der Waals surface area contributed by atoms with Gasteiger partial charge < -0.3 is 5.32 Å². The van der Waals surface area contributed by atoms with Gasteiger partial charge in [-0.2, -0.15) is 0 Å². The van der Waals surface area contributed by atoms with Gasteiger partial charge in [0.05, 0.1) is 5.75 Å². The fourth-order valence-corrected chi connectivity index (χ4v) is 3.06. The van der Waals surface area contributed by atoms with Gasteiger partial charge in [0.25, 0.3) is 0 Å². The second-order valence-corrected chi connectivity index (χ2v) is 6.10. The topological polar surface area (TPSA) is 29.1 Å². The van der Waals surface area contributed by atoms with Gasteiger partial charge in [0.15, 0.2) is 11.6 Å². The van der Waals surface area contributed by atoms with E-state index in [9.17, 15) is 13.6 Å². The molecule has 2 nitrogen and oxygen atoms in total. The van der Waals surface area contributed by atoms with E-state index in [4.69, 9.17) is 0 Å². The van der Waals surface area contributed by atoms with Crippen molar-refractivity contribution in [2.45, 2.75) is 37.1 Å². The van der Waals surface area contributed by atoms with Crippen molar-refractivity contribution >= 4 is 17.7 Å². The van der Waals surface area contributed by atoms with Crippen LogP contribution in [0.15, 0.2) is 23.1 Å². The highest BCUT2D eigenvalue weighted by Crippen LogP contribution is 2.25. The second kappa shape index (κ2) is 6.37. The zero-order chi connectivity index (χ0) is 13.8. The van der Waals surface area contributed by atoms with Crippen LogP contribution in [0, 0.1) is 17.6 Å². The Kier molecular flexibility index (Phi) is 4.80. The molecule has 1 aromatic carbocycles. The Balaban J connectivity index is 1.78. The molecule has 1 aromatic rings. The minimum Gasteiger partial charge on any atom is -0.353 e. The van der Waals surface area contributed by atoms with Crippen LogP contribution in [-0.4, -0.2) is 17.7 Å². The molecule has 1 aliphatic carbocycles. The highest BCUT2D eigenvalue weighted by molar-refractivity contribution is 8.00. The predicted molar refractivity (Wildman–Crippen MR) is 72.0 cm³/mol. The first-order valence-electron chi connectivity index (χ1n) is 6.42. The molecule has 5 heteroatoms. The van der Waals surface area contributed by atoms with Crippen molar-refractivity contribution in [3.8, 4) is 0 Å². The maximum Gasteiger partial charge on any atom is 0.230 e. The van der Waals surface area contributed by atoms with Crippen LogP contribution >= 0.6 is 11.8 Å². The van der Waals surface area contributed by atoms with Gasteiger partial charge in [0.1, 0.15) is 0 Å². The van der Waals surface area contributed by atoms with E-state index in [1.165, 1.54) is 17.8 Å². The summed E-state index contributed by atoms with van der Waals surface area (Å²) in [7, 11) is 0. The molecule has 0 radical (unpaired) electrons. The Morgan fingerprint density at radius 3 is 2.79 bits per heavy atom. The summed E-state index contributed by atoms with van der Waals surface area (Å²) in [5.41, 5.74) is 0. The standard InChI is InChI=1S/C14H17F2NOS/c1-9-2-3-10(6-9)17-14(18)8-19-11-4-5-12(15)13(16)7-11/h4-5,7,9-10H,2-3,6,8H2,1H3,(H,17,18). The Morgan fingerprint density at radius 2 is 2.16 bits per heavy atom. The van der Waals surface area contributed by atoms with E-state index >= 15 is 0 Å². The summed E-state index contributed by atoms with van der Waals surface area (Å²) < 4.78 is 25.7. The van der Waals surface area contributed by atoms with Crippen molar-refractivity contribution in [1.82, 2.24) is 5.32 Å². The third-order valence-corrected chi connectivity index (χ3v) is 4.31. The summed E-state index contributed by atoms with van der Waals surface area (Å²) in [5, 5.41) is 2.98. The van der Waals surface area contributed by atoms with Gasteiger partial charge in [-0.25, -0.2) is 8.78 Å². The predicted octanol–water partition coefficient (Wildman–Crippen LogP) is 3.36. The smallest absolute Gasteiger partial charge is 0.230 e. The Bertz CT molecular complexity index is 467. The molecule has 104 valence electrons. The van der Waals surface area contributed by atoms with E-state index in [1.807, 2.05) is 0 Å². The third-order valence-electron chi connectivity index (χ3n) is 3.32. The summed E-state index contributed by atoms with van der Waals surface area (Å²) in [6, 6.07) is 3.95. The molecular weight excluding hydrogens is 268 g/mol. The Labute approximate surface area is 116 Å². The highest BCUT2D eigenvalue weighted by atomic mass is 32.2. The largest absolute Gasteiger partial charge is 0.353 e. The lowest BCUT2D eigenvalue weighted by atomic mass is 10.1. The van der Waals surface area contributed by atoms with Crippen molar-refractivity contribution in [2.24, 2.45) is 5.92 Å². The quantitative estimate of drug-likeness (QED) is 0.859. The summed E-state index contributed by atoms with van der Waals surface area (Å²) in [4.78, 5) is 12.3. The molecule has 0 spiro atoms. The first-order valence-corrected chi connectivity index (χ1v) is 7.40. The summed E-state index contributed by atoms with van der Waals surface area (Å²) in [6.07, 6.45) is 3.21. The molecule has 1 saturated carbocycles. The van der Waals surface area contributed by atoms with E-state index in [0.717, 1.165) is 31.4 Å². The molecule has 0 saturated heterocycles. The minimum atomic E-state index is -0.880. The van der Waals surface area contributed by atoms with Gasteiger partial charge in [-0.1, -0.05) is 6.92 Å². The number of nitrogens with one attached hydrogen (secondary N) is 1. The number of carbonyl (C=O) groups is 1. The van der Waals surface area contributed by atoms with Crippen molar-refractivity contribution in [1.29, 1.82) is 0 Å². The lowest BCUT2D eigenvalue weighted by Crippen LogP contribution is -2.34. The Morgan fingerprint density at radius 1 is 1.37 bits per heavy atom. The van der Waals surface area contributed by atoms with Crippen molar-refractivity contribution in [3.05, 3.63) is 29.8 Å². The van der Waals surface area contributed by atoms with E-state index in [-0.39, 0.29) is 17.7 Å². The molecule has 0 aliphatic heterocycles. The molecule has 19 heavy (non-hydrogen) atoms. The molecule has 1 N–H and O–H groups in total. The third kappa shape index (κ3) is 4.20. The summed E-state index contributed by atoms with van der Waals surface area (Å²) >= 11 is 1.22. The molecule has 1 aliphatic rings. The van der Waals surface area contributed by atoms with E-state index < -0.39 is 11.6 Å². The van der Waals surface area contributed by atoms with Crippen molar-refractivity contribution in [2.75, 3.05) is 5.75 Å². The lowest BCUT2D eigenvalue weighted by molar-refractivity contribution is -0.119. The zero-order valence-electron chi connectivity index (χ0n) is 10.8. The molecule has 2 atom stereocenters. The van der Waals surface area contributed by atoms with Crippen LogP contribution in [0.4, 0.5) is 8.78 Å². The van der Waals surface area contributed by atoms with Gasteiger partial charge in [0.2, 0.25) is 5.91 Å². The monoisotopic (exact) mass is 285 g/mol. The van der Waals surface area contributed by atoms with Crippen LogP contribution < -0.4 is 5.32 Å². The average molecular weight is 285 g/mol. The number of benzene rings is 1. The molecule has 1 amide bonds. The second-order valence-electron chi connectivity index (χ2n) is 5.05. The maximum atomic E-state index is 13.0. The molecular formula is C14H17F2NOS. The van der Waals surface area contributed by atoms with Gasteiger partial charge >= 0.3 is 0 Å². The van der Waals surface area contributed by atoms with Crippen LogP contribution in [0.3, 0.4) is 0 Å². The van der Waals surface area contributed by atoms with Crippen LogP contribution in [0.2, 0.25) is 0 Å². The van der Waals surface area contributed by atoms with Gasteiger partial charge in [-0.3, -0.25) is 4.79 Å². The van der Waals surface area contributed by atoms with Gasteiger partial charge in [-0.05, 0) is 43.4 Å². The Hall–Kier alpha value is -1.10. The zero-order valence-corrected chi connectivity index (χ0v) is 11.6. The molecule has 1 fully saturated rings. The first kappa shape index (κ1) is 14.3. The maximum absolute atomic E-state index is 13.0. The number of rotatable bonds is 4. The minimum absolute atomic E-state index is 0.0474. The number of hydrogen-bond acceptors (Lipinski definition) is 2. The van der Waals surface area contributed by atoms with Gasteiger partial charge in [-0.15, -0.1) is 11.8 Å². The number of hydrogen-bond donors (Lipinski definition) is 1. The van der Waals surface area contributed by atoms with E-state index in [2.05, 4.69) is 12.2 Å². The molecule has 0 bridgehead atoms. The number of carbonyl (C=O) groups excluding carboxylic acids is 1. The molecule has 2 rings (SSSR count). The van der Waals surface area contributed by atoms with Crippen molar-refractivity contribution < 1.29 is 13.6 Å². The van der Waals surface area contributed by atoms with Gasteiger partial charge in [0, 0.05) is 10.9 Å². The first-order chi connectivity index (χ1) is 9.04. The highest BCUT2D eigenvalue weighted by Gasteiger charge is 2.22. The normalized spacial score (nSPS) is 22.5. The number of thioether (sulfide) groups is 1. The summed E-state index contributed by atoms with van der Waals surface area (Å²) in [6.45, 7) is 2.18. The van der Waals surface area contributed by atoms with E-state index in [1.54, 1.807) is 0 Å². The number of halogens is 2. The average Bonchev–Trinajstić information content (AvgIpc) is 2.76.